The fourth-order valence-electron chi connectivity index (χ4n) is 5.85. The van der Waals surface area contributed by atoms with Crippen molar-refractivity contribution in [3.8, 4) is 0 Å². The van der Waals surface area contributed by atoms with Crippen LogP contribution in [0.25, 0.3) is 0 Å². The van der Waals surface area contributed by atoms with E-state index in [1.807, 2.05) is 26.2 Å². The van der Waals surface area contributed by atoms with Gasteiger partial charge < -0.3 is 19.1 Å². The van der Waals surface area contributed by atoms with Crippen molar-refractivity contribution in [2.45, 2.75) is 181 Å². The SMILES string of the molecule is CCCCCC/C=C\COC(=O)CCCCCCCC(CCCCCCCC(=O)OC/C=C\CCCCCC)CC(=O)OCCCN(C)C. The minimum absolute atomic E-state index is 0.0709. The van der Waals surface area contributed by atoms with Crippen LogP contribution in [0, 0.1) is 5.92 Å². The lowest BCUT2D eigenvalue weighted by molar-refractivity contribution is -0.145. The number of allylic oxidation sites excluding steroid dienone is 2. The van der Waals surface area contributed by atoms with Crippen LogP contribution in [0.3, 0.4) is 0 Å². The van der Waals surface area contributed by atoms with Crippen molar-refractivity contribution in [2.75, 3.05) is 40.5 Å². The number of carbonyl (C=O) groups is 3. The second kappa shape index (κ2) is 37.1. The number of esters is 3. The summed E-state index contributed by atoms with van der Waals surface area (Å²) in [6.45, 7) is 6.61. The zero-order valence-corrected chi connectivity index (χ0v) is 32.5. The summed E-state index contributed by atoms with van der Waals surface area (Å²) in [6.07, 6.45) is 35.2. The highest BCUT2D eigenvalue weighted by Crippen LogP contribution is 2.23. The third kappa shape index (κ3) is 36.9. The topological polar surface area (TPSA) is 82.1 Å². The van der Waals surface area contributed by atoms with E-state index >= 15 is 0 Å². The zero-order chi connectivity index (χ0) is 36.0. The molecule has 0 unspecified atom stereocenters. The molecule has 0 aromatic rings. The van der Waals surface area contributed by atoms with Crippen LogP contribution in [-0.4, -0.2) is 63.3 Å². The molecule has 0 amide bonds. The molecule has 0 aliphatic carbocycles. The average molecular weight is 692 g/mol. The Labute approximate surface area is 302 Å². The first-order valence-corrected chi connectivity index (χ1v) is 20.3. The molecule has 0 aromatic heterocycles. The van der Waals surface area contributed by atoms with Crippen molar-refractivity contribution in [2.24, 2.45) is 5.92 Å². The second-order valence-corrected chi connectivity index (χ2v) is 14.1. The van der Waals surface area contributed by atoms with Gasteiger partial charge in [-0.05, 0) is 77.8 Å². The Balaban J connectivity index is 4.16. The van der Waals surface area contributed by atoms with E-state index in [4.69, 9.17) is 14.2 Å². The number of rotatable bonds is 36. The van der Waals surface area contributed by atoms with Crippen molar-refractivity contribution in [3.05, 3.63) is 24.3 Å². The molecule has 0 aliphatic heterocycles. The molecule has 49 heavy (non-hydrogen) atoms. The average Bonchev–Trinajstić information content (AvgIpc) is 3.07. The van der Waals surface area contributed by atoms with Gasteiger partial charge >= 0.3 is 17.9 Å². The molecule has 0 bridgehead atoms. The predicted octanol–water partition coefficient (Wildman–Crippen LogP) is 11.1. The van der Waals surface area contributed by atoms with E-state index in [2.05, 4.69) is 30.9 Å². The number of hydrogen-bond donors (Lipinski definition) is 0. The largest absolute Gasteiger partial charge is 0.466 e. The Bertz CT molecular complexity index is 772. The summed E-state index contributed by atoms with van der Waals surface area (Å²) in [7, 11) is 4.06. The molecule has 0 spiro atoms. The molecule has 0 atom stereocenters. The molecule has 286 valence electrons. The second-order valence-electron chi connectivity index (χ2n) is 14.1. The number of ether oxygens (including phenoxy) is 3. The summed E-state index contributed by atoms with van der Waals surface area (Å²) in [5.74, 6) is 0.0797. The first-order valence-electron chi connectivity index (χ1n) is 20.3. The Morgan fingerprint density at radius 1 is 0.510 bits per heavy atom. The van der Waals surface area contributed by atoms with Gasteiger partial charge in [0.15, 0.2) is 0 Å². The maximum absolute atomic E-state index is 12.6. The summed E-state index contributed by atoms with van der Waals surface area (Å²) in [5, 5.41) is 0. The molecular formula is C42H77NO6. The quantitative estimate of drug-likeness (QED) is 0.0280. The van der Waals surface area contributed by atoms with Gasteiger partial charge in [-0.25, -0.2) is 0 Å². The summed E-state index contributed by atoms with van der Waals surface area (Å²) >= 11 is 0. The van der Waals surface area contributed by atoms with Crippen molar-refractivity contribution in [1.29, 1.82) is 0 Å². The fourth-order valence-corrected chi connectivity index (χ4v) is 5.85. The normalized spacial score (nSPS) is 11.7. The van der Waals surface area contributed by atoms with Crippen LogP contribution in [0.1, 0.15) is 181 Å². The number of unbranched alkanes of at least 4 members (excludes halogenated alkanes) is 16. The van der Waals surface area contributed by atoms with Crippen LogP contribution < -0.4 is 0 Å². The monoisotopic (exact) mass is 692 g/mol. The van der Waals surface area contributed by atoms with Crippen molar-refractivity contribution >= 4 is 17.9 Å². The van der Waals surface area contributed by atoms with Crippen LogP contribution in [0.5, 0.6) is 0 Å². The van der Waals surface area contributed by atoms with E-state index in [1.54, 1.807) is 0 Å². The summed E-state index contributed by atoms with van der Waals surface area (Å²) in [4.78, 5) is 38.7. The van der Waals surface area contributed by atoms with E-state index in [1.165, 1.54) is 51.4 Å². The van der Waals surface area contributed by atoms with E-state index in [0.29, 0.717) is 45.0 Å². The third-order valence-electron chi connectivity index (χ3n) is 8.92. The molecule has 7 nitrogen and oxygen atoms in total. The predicted molar refractivity (Wildman–Crippen MR) is 205 cm³/mol. The third-order valence-corrected chi connectivity index (χ3v) is 8.92. The maximum atomic E-state index is 12.6. The number of carbonyl (C=O) groups excluding carboxylic acids is 3. The Kier molecular flexibility index (Phi) is 35.5. The molecule has 7 heteroatoms. The van der Waals surface area contributed by atoms with Gasteiger partial charge in [-0.2, -0.15) is 0 Å². The minimum atomic E-state index is -0.101. The highest BCUT2D eigenvalue weighted by molar-refractivity contribution is 5.70. The van der Waals surface area contributed by atoms with E-state index in [9.17, 15) is 14.4 Å². The lowest BCUT2D eigenvalue weighted by Gasteiger charge is -2.17. The van der Waals surface area contributed by atoms with E-state index in [-0.39, 0.29) is 17.9 Å². The van der Waals surface area contributed by atoms with Crippen LogP contribution >= 0.6 is 0 Å². The minimum Gasteiger partial charge on any atom is -0.466 e. The van der Waals surface area contributed by atoms with Gasteiger partial charge in [-0.15, -0.1) is 0 Å². The van der Waals surface area contributed by atoms with Crippen LogP contribution in [-0.2, 0) is 28.6 Å². The van der Waals surface area contributed by atoms with Gasteiger partial charge in [0.2, 0.25) is 0 Å². The highest BCUT2D eigenvalue weighted by Gasteiger charge is 2.15. The molecular weight excluding hydrogens is 614 g/mol. The zero-order valence-electron chi connectivity index (χ0n) is 32.5. The molecule has 0 aliphatic rings. The van der Waals surface area contributed by atoms with Gasteiger partial charge in [0.05, 0.1) is 6.61 Å². The van der Waals surface area contributed by atoms with E-state index < -0.39 is 0 Å². The van der Waals surface area contributed by atoms with Gasteiger partial charge in [0.25, 0.3) is 0 Å². The molecule has 0 saturated carbocycles. The molecule has 0 fully saturated rings. The van der Waals surface area contributed by atoms with E-state index in [0.717, 1.165) is 103 Å². The number of nitrogens with zero attached hydrogens (tertiary/aromatic N) is 1. The van der Waals surface area contributed by atoms with Gasteiger partial charge in [0, 0.05) is 25.8 Å². The summed E-state index contributed by atoms with van der Waals surface area (Å²) in [6, 6.07) is 0. The van der Waals surface area contributed by atoms with Gasteiger partial charge in [0.1, 0.15) is 13.2 Å². The Morgan fingerprint density at radius 2 is 0.959 bits per heavy atom. The molecule has 0 N–H and O–H groups in total. The van der Waals surface area contributed by atoms with Crippen molar-refractivity contribution in [1.82, 2.24) is 4.90 Å². The first-order chi connectivity index (χ1) is 23.9. The molecule has 0 radical (unpaired) electrons. The fraction of sp³-hybridized carbons (Fsp3) is 0.833. The van der Waals surface area contributed by atoms with Gasteiger partial charge in [-0.3, -0.25) is 14.4 Å². The number of hydrogen-bond acceptors (Lipinski definition) is 7. The maximum Gasteiger partial charge on any atom is 0.306 e. The van der Waals surface area contributed by atoms with Crippen molar-refractivity contribution < 1.29 is 28.6 Å². The Morgan fingerprint density at radius 3 is 1.43 bits per heavy atom. The van der Waals surface area contributed by atoms with Crippen LogP contribution in [0.2, 0.25) is 0 Å². The smallest absolute Gasteiger partial charge is 0.306 e. The standard InChI is InChI=1S/C42H77NO6/c1-5-7-9-11-13-21-27-35-47-40(44)32-25-19-15-17-23-30-39(38-42(46)49-37-29-34-43(3)4)31-24-18-16-20-26-33-41(45)48-36-28-22-14-12-10-8-6-2/h21-22,27-28,39H,5-20,23-26,29-38H2,1-4H3/b27-21-,28-22-. The van der Waals surface area contributed by atoms with Crippen LogP contribution in [0.15, 0.2) is 24.3 Å². The lowest BCUT2D eigenvalue weighted by Crippen LogP contribution is -2.17. The lowest BCUT2D eigenvalue weighted by atomic mass is 9.91. The highest BCUT2D eigenvalue weighted by atomic mass is 16.5. The van der Waals surface area contributed by atoms with Crippen molar-refractivity contribution in [3.63, 3.8) is 0 Å². The molecule has 0 heterocycles. The summed E-state index contributed by atoms with van der Waals surface area (Å²) in [5.41, 5.74) is 0. The Hall–Kier alpha value is -2.15. The van der Waals surface area contributed by atoms with Crippen LogP contribution in [0.4, 0.5) is 0 Å². The molecule has 0 aromatic carbocycles. The molecule has 0 saturated heterocycles. The molecule has 0 rings (SSSR count). The van der Waals surface area contributed by atoms with Gasteiger partial charge in [-0.1, -0.05) is 128 Å². The summed E-state index contributed by atoms with van der Waals surface area (Å²) < 4.78 is 16.2. The first kappa shape index (κ1) is 46.9.